The van der Waals surface area contributed by atoms with Crippen LogP contribution >= 0.6 is 0 Å². The van der Waals surface area contributed by atoms with Gasteiger partial charge in [0.05, 0.1) is 22.0 Å². The van der Waals surface area contributed by atoms with Gasteiger partial charge in [-0.1, -0.05) is 6.42 Å². The number of aliphatic hydroxyl groups excluding tert-OH is 1. The van der Waals surface area contributed by atoms with Crippen LogP contribution in [-0.4, -0.2) is 27.6 Å². The Hall–Kier alpha value is -2.49. The van der Waals surface area contributed by atoms with E-state index in [9.17, 15) is 17.4 Å². The van der Waals surface area contributed by atoms with Gasteiger partial charge in [-0.15, -0.1) is 0 Å². The van der Waals surface area contributed by atoms with E-state index in [2.05, 4.69) is 4.99 Å². The average molecular weight is 440 g/mol. The van der Waals surface area contributed by atoms with Gasteiger partial charge in [0.25, 0.3) is 5.92 Å². The number of aliphatic imine (C=N–C) groups is 1. The molecule has 0 saturated carbocycles. The first-order valence-electron chi connectivity index (χ1n) is 9.30. The third-order valence-electron chi connectivity index (χ3n) is 4.32. The summed E-state index contributed by atoms with van der Waals surface area (Å²) in [5, 5.41) is 14.1. The van der Waals surface area contributed by atoms with E-state index in [1.54, 1.807) is 12.1 Å². The number of halogens is 3. The first kappa shape index (κ1) is 23.8. The number of aliphatic hydroxyl groups is 1. The molecule has 30 heavy (non-hydrogen) atoms. The van der Waals surface area contributed by atoms with Gasteiger partial charge in [-0.3, -0.25) is 0 Å². The lowest BCUT2D eigenvalue weighted by atomic mass is 10.0. The molecule has 0 aliphatic carbocycles. The average Bonchev–Trinajstić information content (AvgIpc) is 2.71. The van der Waals surface area contributed by atoms with Crippen LogP contribution in [0.4, 0.5) is 18.9 Å². The Morgan fingerprint density at radius 2 is 1.70 bits per heavy atom. The maximum atomic E-state index is 14.4. The van der Waals surface area contributed by atoms with Crippen molar-refractivity contribution in [1.82, 2.24) is 0 Å². The van der Waals surface area contributed by atoms with Crippen LogP contribution in [0.2, 0.25) is 0 Å². The van der Waals surface area contributed by atoms with Crippen molar-refractivity contribution < 1.29 is 22.5 Å². The number of nitrogens with zero attached hydrogens (tertiary/aromatic N) is 1. The third-order valence-corrected chi connectivity index (χ3v) is 5.06. The second-order valence-corrected chi connectivity index (χ2v) is 7.70. The molecule has 0 bridgehead atoms. The smallest absolute Gasteiger partial charge is 0.287 e. The Labute approximate surface area is 175 Å². The van der Waals surface area contributed by atoms with E-state index in [-0.39, 0.29) is 18.7 Å². The molecular weight excluding hydrogens is 415 g/mol. The minimum absolute atomic E-state index is 0.0468. The highest BCUT2D eigenvalue weighted by atomic mass is 32.2. The molecular formula is C21H24F3N3O2S. The number of rotatable bonds is 10. The summed E-state index contributed by atoms with van der Waals surface area (Å²) in [6.45, 7) is -0.0468. The summed E-state index contributed by atoms with van der Waals surface area (Å²) >= 11 is 0. The van der Waals surface area contributed by atoms with E-state index in [0.29, 0.717) is 29.0 Å². The molecule has 1 atom stereocenters. The molecule has 2 aromatic rings. The molecule has 2 rings (SSSR count). The zero-order chi connectivity index (χ0) is 22.1. The number of nitrogens with two attached hydrogens (primary N) is 2. The van der Waals surface area contributed by atoms with Crippen LogP contribution in [0.5, 0.6) is 0 Å². The number of hydrogen-bond acceptors (Lipinski definition) is 4. The van der Waals surface area contributed by atoms with Gasteiger partial charge in [-0.25, -0.2) is 18.7 Å². The summed E-state index contributed by atoms with van der Waals surface area (Å²) in [6.07, 6.45) is 1.75. The van der Waals surface area contributed by atoms with Gasteiger partial charge in [-0.2, -0.15) is 8.78 Å². The number of allylic oxidation sites excluding steroid dienone is 2. The number of hydrogen-bond donors (Lipinski definition) is 3. The first-order valence-corrected chi connectivity index (χ1v) is 10.5. The van der Waals surface area contributed by atoms with Crippen molar-refractivity contribution in [3.05, 3.63) is 71.7 Å². The Kier molecular flexibility index (Phi) is 8.76. The predicted octanol–water partition coefficient (Wildman–Crippen LogP) is 3.96. The molecule has 1 unspecified atom stereocenters. The fourth-order valence-electron chi connectivity index (χ4n) is 2.63. The molecule has 5 nitrogen and oxygen atoms in total. The summed E-state index contributed by atoms with van der Waals surface area (Å²) in [5.41, 5.74) is 5.98. The first-order chi connectivity index (χ1) is 14.2. The van der Waals surface area contributed by atoms with Crippen LogP contribution < -0.4 is 10.9 Å². The van der Waals surface area contributed by atoms with Crippen molar-refractivity contribution in [3.8, 4) is 0 Å². The summed E-state index contributed by atoms with van der Waals surface area (Å²) in [7, 11) is -1.65. The quantitative estimate of drug-likeness (QED) is 0.386. The molecule has 0 aliphatic rings. The molecule has 9 heteroatoms. The van der Waals surface area contributed by atoms with Gasteiger partial charge in [0, 0.05) is 18.6 Å². The summed E-state index contributed by atoms with van der Waals surface area (Å²) in [4.78, 5) is 4.74. The molecule has 0 saturated heterocycles. The number of unbranched alkanes of at least 4 members (excludes halogenated alkanes) is 2. The minimum Gasteiger partial charge on any atom is -0.397 e. The topological polar surface area (TPSA) is 102 Å². The van der Waals surface area contributed by atoms with Crippen molar-refractivity contribution in [2.45, 2.75) is 36.5 Å². The minimum atomic E-state index is -3.25. The Bertz CT molecular complexity index is 914. The fourth-order valence-corrected chi connectivity index (χ4v) is 3.03. The van der Waals surface area contributed by atoms with Crippen LogP contribution in [0.15, 0.2) is 70.2 Å². The lowest BCUT2D eigenvalue weighted by molar-refractivity contribution is 0.0278. The highest BCUT2D eigenvalue weighted by molar-refractivity contribution is 7.82. The molecule has 2 aromatic carbocycles. The Balaban J connectivity index is 2.37. The second kappa shape index (κ2) is 11.1. The van der Waals surface area contributed by atoms with E-state index < -0.39 is 34.8 Å². The van der Waals surface area contributed by atoms with Gasteiger partial charge in [0.1, 0.15) is 16.8 Å². The standard InChI is InChI=1S/C21H24F3N3O2S/c22-16-6-4-15(5-7-16)19(27-17-8-10-18(11-9-17)30(26)29)14-20(25)21(23,24)12-2-1-3-13-28/h4-11,14,28H,1-3,12-13,25-26H2/b20-14-,27-19?. The van der Waals surface area contributed by atoms with Crippen LogP contribution in [0.1, 0.15) is 31.2 Å². The largest absolute Gasteiger partial charge is 0.397 e. The monoisotopic (exact) mass is 439 g/mol. The van der Waals surface area contributed by atoms with Crippen LogP contribution in [0, 0.1) is 5.82 Å². The summed E-state index contributed by atoms with van der Waals surface area (Å²) in [6, 6.07) is 11.3. The second-order valence-electron chi connectivity index (χ2n) is 6.63. The zero-order valence-electron chi connectivity index (χ0n) is 16.2. The van der Waals surface area contributed by atoms with Crippen molar-refractivity contribution in [2.24, 2.45) is 15.9 Å². The molecule has 0 amide bonds. The normalized spacial score (nSPS) is 14.0. The molecule has 0 heterocycles. The Morgan fingerprint density at radius 3 is 2.27 bits per heavy atom. The highest BCUT2D eigenvalue weighted by Crippen LogP contribution is 2.28. The Morgan fingerprint density at radius 1 is 1.07 bits per heavy atom. The van der Waals surface area contributed by atoms with Crippen LogP contribution in [0.25, 0.3) is 0 Å². The van der Waals surface area contributed by atoms with Gasteiger partial charge in [0.2, 0.25) is 0 Å². The van der Waals surface area contributed by atoms with Gasteiger partial charge in [0.15, 0.2) is 0 Å². The van der Waals surface area contributed by atoms with E-state index in [1.807, 2.05) is 0 Å². The van der Waals surface area contributed by atoms with E-state index in [1.165, 1.54) is 36.4 Å². The van der Waals surface area contributed by atoms with E-state index in [0.717, 1.165) is 6.08 Å². The van der Waals surface area contributed by atoms with Crippen molar-refractivity contribution >= 4 is 22.4 Å². The van der Waals surface area contributed by atoms with E-state index in [4.69, 9.17) is 16.0 Å². The van der Waals surface area contributed by atoms with Crippen molar-refractivity contribution in [1.29, 1.82) is 0 Å². The predicted molar refractivity (Wildman–Crippen MR) is 112 cm³/mol. The van der Waals surface area contributed by atoms with Gasteiger partial charge in [-0.05, 0) is 67.4 Å². The maximum Gasteiger partial charge on any atom is 0.287 e. The number of benzene rings is 2. The molecule has 0 spiro atoms. The molecule has 5 N–H and O–H groups in total. The van der Waals surface area contributed by atoms with E-state index >= 15 is 0 Å². The summed E-state index contributed by atoms with van der Waals surface area (Å²) < 4.78 is 53.5. The molecule has 162 valence electrons. The highest BCUT2D eigenvalue weighted by Gasteiger charge is 2.32. The SMILES string of the molecule is N/C(=C\C(=Nc1ccc(S(N)=O)cc1)c1ccc(F)cc1)C(F)(F)CCCCCO. The van der Waals surface area contributed by atoms with Crippen molar-refractivity contribution in [3.63, 3.8) is 0 Å². The van der Waals surface area contributed by atoms with Gasteiger partial charge < -0.3 is 10.8 Å². The molecule has 0 aliphatic heterocycles. The summed E-state index contributed by atoms with van der Waals surface area (Å²) in [5.74, 6) is -3.73. The molecule has 0 aromatic heterocycles. The third kappa shape index (κ3) is 7.08. The fraction of sp³-hybridized carbons (Fsp3) is 0.286. The molecule has 0 fully saturated rings. The van der Waals surface area contributed by atoms with Crippen LogP contribution in [0.3, 0.4) is 0 Å². The maximum absolute atomic E-state index is 14.4. The molecule has 0 radical (unpaired) electrons. The number of alkyl halides is 2. The zero-order valence-corrected chi connectivity index (χ0v) is 17.0. The van der Waals surface area contributed by atoms with Crippen LogP contribution in [-0.2, 0) is 11.0 Å². The van der Waals surface area contributed by atoms with Gasteiger partial charge >= 0.3 is 0 Å². The van der Waals surface area contributed by atoms with Crippen molar-refractivity contribution in [2.75, 3.05) is 6.61 Å². The lowest BCUT2D eigenvalue weighted by Gasteiger charge is -2.17. The lowest BCUT2D eigenvalue weighted by Crippen LogP contribution is -2.26.